The van der Waals surface area contributed by atoms with Gasteiger partial charge in [-0.15, -0.1) is 0 Å². The van der Waals surface area contributed by atoms with E-state index in [1.54, 1.807) is 11.8 Å². The van der Waals surface area contributed by atoms with Crippen LogP contribution >= 0.6 is 0 Å². The molecule has 2 amide bonds. The molecule has 0 radical (unpaired) electrons. The molecule has 0 aromatic carbocycles. The lowest BCUT2D eigenvalue weighted by atomic mass is 9.96. The molecule has 0 spiro atoms. The largest absolute Gasteiger partial charge is 0.480 e. The molecule has 3 N–H and O–H groups in total. The third kappa shape index (κ3) is 4.10. The Kier molecular flexibility index (Phi) is 6.26. The van der Waals surface area contributed by atoms with Crippen LogP contribution in [0.4, 0.5) is 4.79 Å². The number of hydrogen-bond acceptors (Lipinski definition) is 3. The Morgan fingerprint density at radius 1 is 1.35 bits per heavy atom. The number of carbonyl (C=O) groups is 2. The molecule has 1 aliphatic rings. The number of carboxylic acid groups (broad SMARTS) is 1. The van der Waals surface area contributed by atoms with Crippen molar-refractivity contribution >= 4 is 12.0 Å². The van der Waals surface area contributed by atoms with E-state index >= 15 is 0 Å². The van der Waals surface area contributed by atoms with Crippen molar-refractivity contribution in [2.24, 2.45) is 0 Å². The second kappa shape index (κ2) is 7.47. The maximum Gasteiger partial charge on any atom is 0.329 e. The fraction of sp³-hybridized carbons (Fsp3) is 0.857. The summed E-state index contributed by atoms with van der Waals surface area (Å²) in [5, 5.41) is 15.3. The number of piperidine rings is 1. The number of aliphatic carboxylic acids is 1. The maximum atomic E-state index is 12.4. The number of rotatable bonds is 6. The number of nitrogens with one attached hydrogen (secondary N) is 2. The third-order valence-electron chi connectivity index (χ3n) is 3.96. The lowest BCUT2D eigenvalue weighted by Crippen LogP contribution is -2.58. The third-order valence-corrected chi connectivity index (χ3v) is 3.96. The molecule has 0 aromatic rings. The van der Waals surface area contributed by atoms with E-state index in [0.717, 1.165) is 25.9 Å². The first-order chi connectivity index (χ1) is 9.44. The number of carbonyl (C=O) groups excluding carboxylic acids is 1. The standard InChI is InChI=1S/C14H27N3O3/c1-4-8-14(3,12(18)19)16-13(20)17(5-2)11-6-9-15-10-7-11/h11,15H,4-10H2,1-3H3,(H,16,20)(H,18,19). The summed E-state index contributed by atoms with van der Waals surface area (Å²) < 4.78 is 0. The Labute approximate surface area is 120 Å². The zero-order valence-corrected chi connectivity index (χ0v) is 12.7. The summed E-state index contributed by atoms with van der Waals surface area (Å²) in [6.45, 7) is 7.82. The highest BCUT2D eigenvalue weighted by molar-refractivity contribution is 5.86. The molecule has 0 bridgehead atoms. The molecule has 20 heavy (non-hydrogen) atoms. The van der Waals surface area contributed by atoms with Crippen molar-refractivity contribution in [3.8, 4) is 0 Å². The van der Waals surface area contributed by atoms with E-state index in [9.17, 15) is 14.7 Å². The molecule has 116 valence electrons. The topological polar surface area (TPSA) is 81.7 Å². The zero-order valence-electron chi connectivity index (χ0n) is 12.7. The number of amides is 2. The molecule has 1 atom stereocenters. The minimum atomic E-state index is -1.19. The summed E-state index contributed by atoms with van der Waals surface area (Å²) in [5.41, 5.74) is -1.19. The van der Waals surface area contributed by atoms with E-state index in [1.807, 2.05) is 13.8 Å². The van der Waals surface area contributed by atoms with Crippen LogP contribution in [0.25, 0.3) is 0 Å². The predicted molar refractivity (Wildman–Crippen MR) is 77.8 cm³/mol. The van der Waals surface area contributed by atoms with E-state index in [4.69, 9.17) is 0 Å². The van der Waals surface area contributed by atoms with Gasteiger partial charge in [-0.25, -0.2) is 9.59 Å². The Balaban J connectivity index is 2.72. The van der Waals surface area contributed by atoms with Crippen LogP contribution in [-0.2, 0) is 4.79 Å². The first kappa shape index (κ1) is 16.8. The Hall–Kier alpha value is -1.30. The van der Waals surface area contributed by atoms with Crippen molar-refractivity contribution in [1.29, 1.82) is 0 Å². The first-order valence-corrected chi connectivity index (χ1v) is 7.47. The van der Waals surface area contributed by atoms with Crippen LogP contribution in [0.3, 0.4) is 0 Å². The normalized spacial score (nSPS) is 19.1. The molecule has 1 rings (SSSR count). The Morgan fingerprint density at radius 2 is 1.95 bits per heavy atom. The second-order valence-electron chi connectivity index (χ2n) is 5.58. The van der Waals surface area contributed by atoms with Crippen LogP contribution in [0.2, 0.25) is 0 Å². The SMILES string of the molecule is CCCC(C)(NC(=O)N(CC)C1CCNCC1)C(=O)O. The summed E-state index contributed by atoms with van der Waals surface area (Å²) in [7, 11) is 0. The van der Waals surface area contributed by atoms with Crippen LogP contribution in [0.5, 0.6) is 0 Å². The number of hydrogen-bond donors (Lipinski definition) is 3. The van der Waals surface area contributed by atoms with Gasteiger partial charge < -0.3 is 20.6 Å². The fourth-order valence-electron chi connectivity index (χ4n) is 2.72. The van der Waals surface area contributed by atoms with Gasteiger partial charge in [0.25, 0.3) is 0 Å². The van der Waals surface area contributed by atoms with Gasteiger partial charge in [-0.2, -0.15) is 0 Å². The monoisotopic (exact) mass is 285 g/mol. The second-order valence-corrected chi connectivity index (χ2v) is 5.58. The average molecular weight is 285 g/mol. The summed E-state index contributed by atoms with van der Waals surface area (Å²) in [4.78, 5) is 25.6. The van der Waals surface area contributed by atoms with E-state index in [-0.39, 0.29) is 12.1 Å². The molecule has 6 heteroatoms. The molecule has 1 heterocycles. The summed E-state index contributed by atoms with van der Waals surface area (Å²) in [6.07, 6.45) is 2.97. The molecule has 6 nitrogen and oxygen atoms in total. The van der Waals surface area contributed by atoms with Gasteiger partial charge >= 0.3 is 12.0 Å². The van der Waals surface area contributed by atoms with Gasteiger partial charge in [0.1, 0.15) is 5.54 Å². The maximum absolute atomic E-state index is 12.4. The highest BCUT2D eigenvalue weighted by Gasteiger charge is 2.36. The molecule has 0 aliphatic carbocycles. The first-order valence-electron chi connectivity index (χ1n) is 7.47. The molecular weight excluding hydrogens is 258 g/mol. The van der Waals surface area contributed by atoms with Crippen LogP contribution in [-0.4, -0.2) is 53.2 Å². The van der Waals surface area contributed by atoms with E-state index in [1.165, 1.54) is 0 Å². The van der Waals surface area contributed by atoms with E-state index in [2.05, 4.69) is 10.6 Å². The van der Waals surface area contributed by atoms with Gasteiger partial charge in [0, 0.05) is 12.6 Å². The zero-order chi connectivity index (χ0) is 15.2. The van der Waals surface area contributed by atoms with Gasteiger partial charge in [0.15, 0.2) is 0 Å². The molecule has 1 saturated heterocycles. The lowest BCUT2D eigenvalue weighted by Gasteiger charge is -2.36. The molecule has 0 saturated carbocycles. The minimum Gasteiger partial charge on any atom is -0.480 e. The molecular formula is C14H27N3O3. The highest BCUT2D eigenvalue weighted by Crippen LogP contribution is 2.16. The minimum absolute atomic E-state index is 0.195. The smallest absolute Gasteiger partial charge is 0.329 e. The van der Waals surface area contributed by atoms with Gasteiger partial charge in [-0.05, 0) is 46.2 Å². The molecule has 1 unspecified atom stereocenters. The van der Waals surface area contributed by atoms with Gasteiger partial charge in [0.05, 0.1) is 0 Å². The summed E-state index contributed by atoms with van der Waals surface area (Å²) in [6, 6.07) is -0.0707. The quantitative estimate of drug-likeness (QED) is 0.689. The molecule has 1 fully saturated rings. The highest BCUT2D eigenvalue weighted by atomic mass is 16.4. The number of urea groups is 1. The van der Waals surface area contributed by atoms with Crippen molar-refractivity contribution < 1.29 is 14.7 Å². The molecule has 0 aromatic heterocycles. The Bertz CT molecular complexity index is 343. The molecule has 1 aliphatic heterocycles. The number of carboxylic acids is 1. The van der Waals surface area contributed by atoms with Crippen LogP contribution in [0.15, 0.2) is 0 Å². The van der Waals surface area contributed by atoms with Crippen molar-refractivity contribution in [3.05, 3.63) is 0 Å². The lowest BCUT2D eigenvalue weighted by molar-refractivity contribution is -0.144. The van der Waals surface area contributed by atoms with Crippen molar-refractivity contribution in [3.63, 3.8) is 0 Å². The number of nitrogens with zero attached hydrogens (tertiary/aromatic N) is 1. The van der Waals surface area contributed by atoms with Gasteiger partial charge in [-0.3, -0.25) is 0 Å². The Morgan fingerprint density at radius 3 is 2.40 bits per heavy atom. The van der Waals surface area contributed by atoms with Gasteiger partial charge in [0.2, 0.25) is 0 Å². The van der Waals surface area contributed by atoms with Crippen molar-refractivity contribution in [2.45, 2.75) is 58.0 Å². The fourth-order valence-corrected chi connectivity index (χ4v) is 2.72. The summed E-state index contributed by atoms with van der Waals surface area (Å²) >= 11 is 0. The van der Waals surface area contributed by atoms with Crippen LogP contribution < -0.4 is 10.6 Å². The average Bonchev–Trinajstić information content (AvgIpc) is 2.40. The van der Waals surface area contributed by atoms with E-state index < -0.39 is 11.5 Å². The predicted octanol–water partition coefficient (Wildman–Crippen LogP) is 1.41. The van der Waals surface area contributed by atoms with Crippen LogP contribution in [0, 0.1) is 0 Å². The van der Waals surface area contributed by atoms with Gasteiger partial charge in [-0.1, -0.05) is 13.3 Å². The van der Waals surface area contributed by atoms with E-state index in [0.29, 0.717) is 19.4 Å². The van der Waals surface area contributed by atoms with Crippen molar-refractivity contribution in [2.75, 3.05) is 19.6 Å². The van der Waals surface area contributed by atoms with Crippen LogP contribution in [0.1, 0.15) is 46.5 Å². The van der Waals surface area contributed by atoms with Crippen molar-refractivity contribution in [1.82, 2.24) is 15.5 Å². The summed E-state index contributed by atoms with van der Waals surface area (Å²) in [5.74, 6) is -0.978.